The largest absolute Gasteiger partial charge is 0.299 e. The maximum Gasteiger partial charge on any atom is 0.137 e. The van der Waals surface area contributed by atoms with Crippen LogP contribution in [-0.4, -0.2) is 23.3 Å². The zero-order valence-corrected chi connectivity index (χ0v) is 11.4. The topological polar surface area (TPSA) is 20.3 Å². The molecule has 2 atom stereocenters. The molecule has 20 heavy (non-hydrogen) atoms. The quantitative estimate of drug-likeness (QED) is 0.846. The summed E-state index contributed by atoms with van der Waals surface area (Å²) in [7, 11) is 0. The third-order valence-corrected chi connectivity index (χ3v) is 4.61. The van der Waals surface area contributed by atoms with Gasteiger partial charge in [0, 0.05) is 30.5 Å². The lowest BCUT2D eigenvalue weighted by Crippen LogP contribution is -2.37. The summed E-state index contributed by atoms with van der Waals surface area (Å²) in [6.07, 6.45) is 4.63. The number of Topliss-reactive ketones (excluding diaryl/α,β-unsaturated/α-hetero) is 1. The van der Waals surface area contributed by atoms with E-state index in [0.29, 0.717) is 24.3 Å². The highest BCUT2D eigenvalue weighted by Gasteiger charge is 2.38. The van der Waals surface area contributed by atoms with Gasteiger partial charge < -0.3 is 0 Å². The Bertz CT molecular complexity index is 517. The molecule has 1 heterocycles. The van der Waals surface area contributed by atoms with Crippen LogP contribution in [0, 0.1) is 17.6 Å². The molecule has 2 nitrogen and oxygen atoms in total. The van der Waals surface area contributed by atoms with Gasteiger partial charge in [-0.25, -0.2) is 8.78 Å². The van der Waals surface area contributed by atoms with Gasteiger partial charge in [0.15, 0.2) is 0 Å². The molecule has 1 saturated heterocycles. The molecule has 0 aromatic heterocycles. The summed E-state index contributed by atoms with van der Waals surface area (Å²) in [6.45, 7) is 1.27. The third-order valence-electron chi connectivity index (χ3n) is 4.61. The number of carbonyl (C=O) groups excluding carboxylic acids is 1. The van der Waals surface area contributed by atoms with Crippen LogP contribution in [0.2, 0.25) is 0 Å². The lowest BCUT2D eigenvalue weighted by molar-refractivity contribution is -0.122. The maximum atomic E-state index is 13.7. The Morgan fingerprint density at radius 1 is 1.20 bits per heavy atom. The van der Waals surface area contributed by atoms with Gasteiger partial charge in [0.1, 0.15) is 17.4 Å². The van der Waals surface area contributed by atoms with E-state index in [4.69, 9.17) is 0 Å². The second kappa shape index (κ2) is 5.60. The summed E-state index contributed by atoms with van der Waals surface area (Å²) >= 11 is 0. The normalized spacial score (nSPS) is 27.4. The molecule has 1 aromatic carbocycles. The Morgan fingerprint density at radius 2 is 2.05 bits per heavy atom. The van der Waals surface area contributed by atoms with Crippen molar-refractivity contribution in [3.63, 3.8) is 0 Å². The molecule has 108 valence electrons. The van der Waals surface area contributed by atoms with Crippen molar-refractivity contribution in [3.05, 3.63) is 35.4 Å². The molecule has 4 heteroatoms. The van der Waals surface area contributed by atoms with Gasteiger partial charge in [0.05, 0.1) is 0 Å². The van der Waals surface area contributed by atoms with Gasteiger partial charge in [0.25, 0.3) is 0 Å². The van der Waals surface area contributed by atoms with Crippen molar-refractivity contribution in [2.75, 3.05) is 6.54 Å². The zero-order valence-electron chi connectivity index (χ0n) is 11.4. The minimum absolute atomic E-state index is 0.106. The summed E-state index contributed by atoms with van der Waals surface area (Å²) in [5.41, 5.74) is 0.391. The first-order valence-electron chi connectivity index (χ1n) is 7.36. The summed E-state index contributed by atoms with van der Waals surface area (Å²) in [6, 6.07) is 3.80. The number of benzene rings is 1. The van der Waals surface area contributed by atoms with Gasteiger partial charge in [-0.2, -0.15) is 0 Å². The molecule has 3 rings (SSSR count). The molecule has 1 aliphatic carbocycles. The number of rotatable bonds is 3. The Balaban J connectivity index is 1.75. The van der Waals surface area contributed by atoms with Gasteiger partial charge in [-0.05, 0) is 50.4 Å². The van der Waals surface area contributed by atoms with Crippen LogP contribution in [0.1, 0.15) is 37.7 Å². The lowest BCUT2D eigenvalue weighted by atomic mass is 9.95. The fraction of sp³-hybridized carbons (Fsp3) is 0.562. The Hall–Kier alpha value is -1.29. The van der Waals surface area contributed by atoms with E-state index in [-0.39, 0.29) is 17.8 Å². The summed E-state index contributed by atoms with van der Waals surface area (Å²) in [5, 5.41) is 0. The van der Waals surface area contributed by atoms with Crippen molar-refractivity contribution in [1.29, 1.82) is 0 Å². The Morgan fingerprint density at radius 3 is 2.80 bits per heavy atom. The fourth-order valence-corrected chi connectivity index (χ4v) is 3.64. The van der Waals surface area contributed by atoms with Crippen LogP contribution < -0.4 is 0 Å². The standard InChI is InChI=1S/C16H19F2NO/c17-12-6-7-14(18)11(9-12)10-19-8-2-4-15(19)13-3-1-5-16(13)20/h6-7,9,13,15H,1-5,8,10H2. The molecule has 0 amide bonds. The van der Waals surface area contributed by atoms with Crippen molar-refractivity contribution < 1.29 is 13.6 Å². The van der Waals surface area contributed by atoms with E-state index in [1.165, 1.54) is 12.1 Å². The van der Waals surface area contributed by atoms with Crippen LogP contribution in [-0.2, 0) is 11.3 Å². The number of likely N-dealkylation sites (tertiary alicyclic amines) is 1. The monoisotopic (exact) mass is 279 g/mol. The van der Waals surface area contributed by atoms with Crippen LogP contribution in [0.15, 0.2) is 18.2 Å². The molecule has 2 aliphatic rings. The lowest BCUT2D eigenvalue weighted by Gasteiger charge is -2.28. The number of halogens is 2. The first-order chi connectivity index (χ1) is 9.65. The summed E-state index contributed by atoms with van der Waals surface area (Å²) < 4.78 is 27.0. The van der Waals surface area contributed by atoms with Crippen LogP contribution >= 0.6 is 0 Å². The van der Waals surface area contributed by atoms with E-state index >= 15 is 0 Å². The molecule has 0 spiro atoms. The molecule has 0 bridgehead atoms. The first kappa shape index (κ1) is 13.7. The number of carbonyl (C=O) groups is 1. The summed E-state index contributed by atoms with van der Waals surface area (Å²) in [4.78, 5) is 14.1. The van der Waals surface area contributed by atoms with E-state index in [1.54, 1.807) is 0 Å². The smallest absolute Gasteiger partial charge is 0.137 e. The predicted octanol–water partition coefficient (Wildman–Crippen LogP) is 3.30. The van der Waals surface area contributed by atoms with Gasteiger partial charge in [-0.15, -0.1) is 0 Å². The highest BCUT2D eigenvalue weighted by atomic mass is 19.1. The molecular weight excluding hydrogens is 260 g/mol. The zero-order chi connectivity index (χ0) is 14.1. The molecule has 1 saturated carbocycles. The molecule has 1 aromatic rings. The molecule has 2 fully saturated rings. The minimum Gasteiger partial charge on any atom is -0.299 e. The van der Waals surface area contributed by atoms with Gasteiger partial charge in [-0.3, -0.25) is 9.69 Å². The fourth-order valence-electron chi connectivity index (χ4n) is 3.64. The third kappa shape index (κ3) is 2.62. The van der Waals surface area contributed by atoms with Crippen molar-refractivity contribution >= 4 is 5.78 Å². The molecule has 1 aliphatic heterocycles. The average molecular weight is 279 g/mol. The number of ketones is 1. The van der Waals surface area contributed by atoms with Crippen molar-refractivity contribution in [3.8, 4) is 0 Å². The highest BCUT2D eigenvalue weighted by Crippen LogP contribution is 2.34. The molecule has 0 N–H and O–H groups in total. The SMILES string of the molecule is O=C1CCCC1C1CCCN1Cc1cc(F)ccc1F. The van der Waals surface area contributed by atoms with Gasteiger partial charge >= 0.3 is 0 Å². The van der Waals surface area contributed by atoms with Crippen LogP contribution in [0.3, 0.4) is 0 Å². The average Bonchev–Trinajstić information content (AvgIpc) is 3.02. The maximum absolute atomic E-state index is 13.7. The van der Waals surface area contributed by atoms with Crippen LogP contribution in [0.4, 0.5) is 8.78 Å². The number of hydrogen-bond donors (Lipinski definition) is 0. The Labute approximate surface area is 117 Å². The van der Waals surface area contributed by atoms with Gasteiger partial charge in [0.2, 0.25) is 0 Å². The Kier molecular flexibility index (Phi) is 3.83. The van der Waals surface area contributed by atoms with E-state index < -0.39 is 5.82 Å². The van der Waals surface area contributed by atoms with Crippen molar-refractivity contribution in [2.24, 2.45) is 5.92 Å². The number of nitrogens with zero attached hydrogens (tertiary/aromatic N) is 1. The van der Waals surface area contributed by atoms with Crippen molar-refractivity contribution in [2.45, 2.75) is 44.7 Å². The number of hydrogen-bond acceptors (Lipinski definition) is 2. The second-order valence-corrected chi connectivity index (χ2v) is 5.88. The molecule has 2 unspecified atom stereocenters. The second-order valence-electron chi connectivity index (χ2n) is 5.88. The van der Waals surface area contributed by atoms with Crippen molar-refractivity contribution in [1.82, 2.24) is 4.90 Å². The predicted molar refractivity (Wildman–Crippen MR) is 72.1 cm³/mol. The van der Waals surface area contributed by atoms with E-state index in [2.05, 4.69) is 4.90 Å². The van der Waals surface area contributed by atoms with Crippen LogP contribution in [0.5, 0.6) is 0 Å². The minimum atomic E-state index is -0.408. The summed E-state index contributed by atoms with van der Waals surface area (Å²) in [5.74, 6) is -0.320. The highest BCUT2D eigenvalue weighted by molar-refractivity contribution is 5.83. The van der Waals surface area contributed by atoms with E-state index in [0.717, 1.165) is 38.3 Å². The van der Waals surface area contributed by atoms with Crippen LogP contribution in [0.25, 0.3) is 0 Å². The van der Waals surface area contributed by atoms with E-state index in [9.17, 15) is 13.6 Å². The van der Waals surface area contributed by atoms with Gasteiger partial charge in [-0.1, -0.05) is 0 Å². The van der Waals surface area contributed by atoms with E-state index in [1.807, 2.05) is 0 Å². The first-order valence-corrected chi connectivity index (χ1v) is 7.36. The molecular formula is C16H19F2NO. The molecule has 0 radical (unpaired) electrons.